The lowest BCUT2D eigenvalue weighted by molar-refractivity contribution is 0.631. The number of aryl methyl sites for hydroxylation is 1. The first-order chi connectivity index (χ1) is 6.25. The molecule has 0 saturated heterocycles. The predicted octanol–water partition coefficient (Wildman–Crippen LogP) is 1.87. The normalized spacial score (nSPS) is 13.8. The lowest BCUT2D eigenvalue weighted by Crippen LogP contribution is -2.11. The largest absolute Gasteiger partial charge is 0.333 e. The van der Waals surface area contributed by atoms with Crippen LogP contribution < -0.4 is 5.73 Å². The fourth-order valence-corrected chi connectivity index (χ4v) is 1.28. The Balaban J connectivity index is 2.60. The number of rotatable bonds is 4. The van der Waals surface area contributed by atoms with Crippen molar-refractivity contribution in [3.63, 3.8) is 0 Å². The van der Waals surface area contributed by atoms with Gasteiger partial charge < -0.3 is 10.3 Å². The highest BCUT2D eigenvalue weighted by Crippen LogP contribution is 2.08. The topological polar surface area (TPSA) is 43.8 Å². The summed E-state index contributed by atoms with van der Waals surface area (Å²) in [6.07, 6.45) is 8.91. The van der Waals surface area contributed by atoms with Crippen molar-refractivity contribution in [1.82, 2.24) is 9.55 Å². The molecule has 1 atom stereocenters. The van der Waals surface area contributed by atoms with Crippen molar-refractivity contribution in [2.45, 2.75) is 32.9 Å². The van der Waals surface area contributed by atoms with E-state index in [2.05, 4.69) is 21.7 Å². The molecule has 1 rings (SSSR count). The lowest BCUT2D eigenvalue weighted by Gasteiger charge is -2.08. The van der Waals surface area contributed by atoms with Gasteiger partial charge in [0.25, 0.3) is 0 Å². The van der Waals surface area contributed by atoms with Crippen LogP contribution >= 0.6 is 0 Å². The molecular weight excluding hydrogens is 162 g/mol. The molecule has 3 heteroatoms. The van der Waals surface area contributed by atoms with Gasteiger partial charge in [-0.3, -0.25) is 0 Å². The van der Waals surface area contributed by atoms with Gasteiger partial charge in [-0.2, -0.15) is 0 Å². The molecule has 0 aliphatic rings. The van der Waals surface area contributed by atoms with E-state index >= 15 is 0 Å². The Morgan fingerprint density at radius 3 is 3.08 bits per heavy atom. The van der Waals surface area contributed by atoms with Gasteiger partial charge in [0, 0.05) is 18.8 Å². The zero-order valence-corrected chi connectivity index (χ0v) is 8.27. The summed E-state index contributed by atoms with van der Waals surface area (Å²) in [4.78, 5) is 4.08. The predicted molar refractivity (Wildman–Crippen MR) is 54.3 cm³/mol. The molecule has 13 heavy (non-hydrogen) atoms. The molecule has 2 N–H and O–H groups in total. The molecule has 0 unspecified atom stereocenters. The minimum Gasteiger partial charge on any atom is -0.333 e. The molecule has 72 valence electrons. The van der Waals surface area contributed by atoms with Crippen LogP contribution in [0.1, 0.15) is 32.0 Å². The fraction of sp³-hybridized carbons (Fsp3) is 0.500. The van der Waals surface area contributed by atoms with E-state index in [4.69, 9.17) is 5.73 Å². The number of nitrogens with zero attached hydrogens (tertiary/aromatic N) is 2. The first-order valence-corrected chi connectivity index (χ1v) is 4.62. The van der Waals surface area contributed by atoms with E-state index in [1.165, 1.54) is 0 Å². The number of nitrogens with two attached hydrogens (primary N) is 1. The summed E-state index contributed by atoms with van der Waals surface area (Å²) >= 11 is 0. The Morgan fingerprint density at radius 2 is 2.46 bits per heavy atom. The molecule has 0 aromatic carbocycles. The smallest absolute Gasteiger partial charge is 0.0948 e. The average molecular weight is 179 g/mol. The molecule has 3 nitrogen and oxygen atoms in total. The number of aromatic nitrogens is 2. The fourth-order valence-electron chi connectivity index (χ4n) is 1.28. The van der Waals surface area contributed by atoms with Gasteiger partial charge in [-0.15, -0.1) is 0 Å². The van der Waals surface area contributed by atoms with Crippen LogP contribution in [0.15, 0.2) is 24.7 Å². The van der Waals surface area contributed by atoms with E-state index in [-0.39, 0.29) is 6.04 Å². The van der Waals surface area contributed by atoms with Crippen molar-refractivity contribution < 1.29 is 0 Å². The average Bonchev–Trinajstić information content (AvgIpc) is 2.53. The Morgan fingerprint density at radius 1 is 1.69 bits per heavy atom. The van der Waals surface area contributed by atoms with Gasteiger partial charge in [-0.25, -0.2) is 4.98 Å². The number of hydrogen-bond acceptors (Lipinski definition) is 2. The monoisotopic (exact) mass is 179 g/mol. The molecule has 1 aromatic heterocycles. The van der Waals surface area contributed by atoms with Gasteiger partial charge in [0.2, 0.25) is 0 Å². The summed E-state index contributed by atoms with van der Waals surface area (Å²) in [5.74, 6) is 0. The highest BCUT2D eigenvalue weighted by atomic mass is 15.1. The van der Waals surface area contributed by atoms with Gasteiger partial charge in [-0.1, -0.05) is 12.2 Å². The Hall–Kier alpha value is -1.09. The van der Waals surface area contributed by atoms with Gasteiger partial charge in [-0.05, 0) is 20.3 Å². The van der Waals surface area contributed by atoms with Crippen LogP contribution in [0.5, 0.6) is 0 Å². The summed E-state index contributed by atoms with van der Waals surface area (Å²) in [6.45, 7) is 4.96. The van der Waals surface area contributed by atoms with Gasteiger partial charge in [0.1, 0.15) is 0 Å². The molecule has 0 radical (unpaired) electrons. The van der Waals surface area contributed by atoms with Gasteiger partial charge >= 0.3 is 0 Å². The van der Waals surface area contributed by atoms with E-state index in [1.807, 2.05) is 26.4 Å². The molecule has 0 fully saturated rings. The molecule has 0 bridgehead atoms. The van der Waals surface area contributed by atoms with Crippen molar-refractivity contribution in [1.29, 1.82) is 0 Å². The van der Waals surface area contributed by atoms with Crippen molar-refractivity contribution in [3.8, 4) is 0 Å². The van der Waals surface area contributed by atoms with E-state index in [1.54, 1.807) is 0 Å². The Bertz CT molecular complexity index is 273. The molecular formula is C10H17N3. The van der Waals surface area contributed by atoms with Crippen LogP contribution in [0.25, 0.3) is 0 Å². The van der Waals surface area contributed by atoms with Crippen LogP contribution in [0.3, 0.4) is 0 Å². The number of hydrogen-bond donors (Lipinski definition) is 1. The molecule has 1 aromatic rings. The summed E-state index contributed by atoms with van der Waals surface area (Å²) in [5.41, 5.74) is 6.89. The summed E-state index contributed by atoms with van der Waals surface area (Å²) < 4.78 is 2.10. The van der Waals surface area contributed by atoms with Gasteiger partial charge in [0.15, 0.2) is 0 Å². The summed E-state index contributed by atoms with van der Waals surface area (Å²) in [5, 5.41) is 0. The molecule has 0 amide bonds. The molecule has 0 aliphatic heterocycles. The van der Waals surface area contributed by atoms with Crippen molar-refractivity contribution in [2.24, 2.45) is 5.73 Å². The second-order valence-corrected chi connectivity index (χ2v) is 3.16. The SMILES string of the molecule is C/C=C/CCn1cncc1[C@H](C)N. The second-order valence-electron chi connectivity index (χ2n) is 3.16. The van der Waals surface area contributed by atoms with Crippen LogP contribution in [-0.4, -0.2) is 9.55 Å². The molecule has 1 heterocycles. The second kappa shape index (κ2) is 4.82. The maximum absolute atomic E-state index is 5.78. The van der Waals surface area contributed by atoms with Crippen LogP contribution in [0.2, 0.25) is 0 Å². The maximum atomic E-state index is 5.78. The molecule has 0 spiro atoms. The zero-order chi connectivity index (χ0) is 9.68. The van der Waals surface area contributed by atoms with E-state index in [0.29, 0.717) is 0 Å². The molecule has 0 saturated carbocycles. The summed E-state index contributed by atoms with van der Waals surface area (Å²) in [7, 11) is 0. The Kier molecular flexibility index (Phi) is 3.71. The third-order valence-electron chi connectivity index (χ3n) is 1.98. The van der Waals surface area contributed by atoms with Crippen molar-refractivity contribution >= 4 is 0 Å². The Labute approximate surface area is 79.3 Å². The third kappa shape index (κ3) is 2.70. The van der Waals surface area contributed by atoms with Crippen molar-refractivity contribution in [2.75, 3.05) is 0 Å². The zero-order valence-electron chi connectivity index (χ0n) is 8.27. The first kappa shape index (κ1) is 9.99. The van der Waals surface area contributed by atoms with Crippen LogP contribution in [0, 0.1) is 0 Å². The quantitative estimate of drug-likeness (QED) is 0.717. The van der Waals surface area contributed by atoms with Gasteiger partial charge in [0.05, 0.1) is 12.0 Å². The number of allylic oxidation sites excluding steroid dienone is 2. The summed E-state index contributed by atoms with van der Waals surface area (Å²) in [6, 6.07) is 0.0631. The van der Waals surface area contributed by atoms with Crippen molar-refractivity contribution in [3.05, 3.63) is 30.4 Å². The standard InChI is InChI=1S/C10H17N3/c1-3-4-5-6-13-8-12-7-10(13)9(2)11/h3-4,7-9H,5-6,11H2,1-2H3/b4-3+/t9-/m0/s1. The highest BCUT2D eigenvalue weighted by molar-refractivity contribution is 5.03. The van der Waals surface area contributed by atoms with E-state index in [0.717, 1.165) is 18.7 Å². The minimum atomic E-state index is 0.0631. The highest BCUT2D eigenvalue weighted by Gasteiger charge is 2.04. The van der Waals surface area contributed by atoms with E-state index in [9.17, 15) is 0 Å². The third-order valence-corrected chi connectivity index (χ3v) is 1.98. The number of imidazole rings is 1. The van der Waals surface area contributed by atoms with Crippen LogP contribution in [0.4, 0.5) is 0 Å². The molecule has 0 aliphatic carbocycles. The first-order valence-electron chi connectivity index (χ1n) is 4.62. The maximum Gasteiger partial charge on any atom is 0.0948 e. The van der Waals surface area contributed by atoms with E-state index < -0.39 is 0 Å². The lowest BCUT2D eigenvalue weighted by atomic mass is 10.2. The van der Waals surface area contributed by atoms with Crippen LogP contribution in [-0.2, 0) is 6.54 Å². The minimum absolute atomic E-state index is 0.0631.